The summed E-state index contributed by atoms with van der Waals surface area (Å²) in [6, 6.07) is 19.2. The maximum Gasteiger partial charge on any atom is 0.0854 e. The molecule has 7 heteroatoms. The van der Waals surface area contributed by atoms with E-state index in [1.165, 1.54) is 0 Å². The van der Waals surface area contributed by atoms with E-state index in [9.17, 15) is 4.21 Å². The predicted molar refractivity (Wildman–Crippen MR) is 115 cm³/mol. The molecule has 136 valence electrons. The first-order chi connectivity index (χ1) is 13.0. The lowest BCUT2D eigenvalue weighted by atomic mass is 10.2. The number of rotatable bonds is 4. The number of hydrogen-bond donors (Lipinski definition) is 0. The lowest BCUT2D eigenvalue weighted by molar-refractivity contribution is 0.687. The zero-order valence-corrected chi connectivity index (χ0v) is 17.4. The van der Waals surface area contributed by atoms with Crippen molar-refractivity contribution in [1.82, 2.24) is 9.78 Å². The lowest BCUT2D eigenvalue weighted by Gasteiger charge is -2.08. The molecule has 2 heterocycles. The summed E-state index contributed by atoms with van der Waals surface area (Å²) >= 11 is 14.1. The van der Waals surface area contributed by atoms with Crippen molar-refractivity contribution >= 4 is 45.3 Å². The topological polar surface area (TPSA) is 34.9 Å². The van der Waals surface area contributed by atoms with Gasteiger partial charge in [-0.2, -0.15) is 5.10 Å². The van der Waals surface area contributed by atoms with E-state index in [0.29, 0.717) is 10.0 Å². The molecule has 3 nitrogen and oxygen atoms in total. The van der Waals surface area contributed by atoms with Gasteiger partial charge in [0.2, 0.25) is 0 Å². The highest BCUT2D eigenvalue weighted by Gasteiger charge is 2.14. The number of thiophene rings is 1. The van der Waals surface area contributed by atoms with Gasteiger partial charge in [-0.05, 0) is 54.1 Å². The van der Waals surface area contributed by atoms with Crippen molar-refractivity contribution in [3.05, 3.63) is 76.9 Å². The van der Waals surface area contributed by atoms with Crippen molar-refractivity contribution in [2.24, 2.45) is 0 Å². The van der Waals surface area contributed by atoms with Crippen molar-refractivity contribution in [2.75, 3.05) is 6.26 Å². The van der Waals surface area contributed by atoms with E-state index in [0.717, 1.165) is 31.6 Å². The fraction of sp³-hybridized carbons (Fsp3) is 0.0500. The number of aromatic nitrogens is 2. The number of hydrogen-bond acceptors (Lipinski definition) is 3. The van der Waals surface area contributed by atoms with E-state index in [1.807, 2.05) is 30.3 Å². The molecule has 4 rings (SSSR count). The molecule has 0 spiro atoms. The highest BCUT2D eigenvalue weighted by molar-refractivity contribution is 7.84. The molecule has 0 saturated carbocycles. The summed E-state index contributed by atoms with van der Waals surface area (Å²) in [6.07, 6.45) is 3.43. The van der Waals surface area contributed by atoms with Gasteiger partial charge in [0.05, 0.1) is 27.5 Å². The quantitative estimate of drug-likeness (QED) is 0.378. The Labute approximate surface area is 173 Å². The SMILES string of the molecule is CS(=O)c1cccc(-c2ccc(-c3ccnn3-c3cc(Cl)ccc3Cl)s2)c1. The molecule has 0 radical (unpaired) electrons. The molecular weight excluding hydrogens is 419 g/mol. The van der Waals surface area contributed by atoms with Crippen LogP contribution in [0.25, 0.3) is 26.7 Å². The van der Waals surface area contributed by atoms with Gasteiger partial charge >= 0.3 is 0 Å². The van der Waals surface area contributed by atoms with Crippen LogP contribution < -0.4 is 0 Å². The third-order valence-electron chi connectivity index (χ3n) is 4.09. The average Bonchev–Trinajstić information content (AvgIpc) is 3.32. The minimum absolute atomic E-state index is 0.583. The minimum Gasteiger partial charge on any atom is -0.255 e. The Hall–Kier alpha value is -1.92. The second kappa shape index (κ2) is 7.60. The van der Waals surface area contributed by atoms with Crippen LogP contribution in [0.5, 0.6) is 0 Å². The van der Waals surface area contributed by atoms with Crippen molar-refractivity contribution in [3.63, 3.8) is 0 Å². The first kappa shape index (κ1) is 18.4. The van der Waals surface area contributed by atoms with Gasteiger partial charge < -0.3 is 0 Å². The molecule has 0 bridgehead atoms. The Morgan fingerprint density at radius 3 is 2.63 bits per heavy atom. The van der Waals surface area contributed by atoms with Gasteiger partial charge in [0.1, 0.15) is 0 Å². The fourth-order valence-corrected chi connectivity index (χ4v) is 4.73. The Bertz CT molecular complexity index is 1150. The number of benzene rings is 2. The summed E-state index contributed by atoms with van der Waals surface area (Å²) in [4.78, 5) is 2.97. The van der Waals surface area contributed by atoms with Crippen molar-refractivity contribution in [1.29, 1.82) is 0 Å². The zero-order valence-electron chi connectivity index (χ0n) is 14.2. The van der Waals surface area contributed by atoms with Crippen LogP contribution in [0.3, 0.4) is 0 Å². The maximum absolute atomic E-state index is 11.8. The largest absolute Gasteiger partial charge is 0.255 e. The molecule has 0 N–H and O–H groups in total. The molecule has 0 aliphatic rings. The highest BCUT2D eigenvalue weighted by Crippen LogP contribution is 2.36. The molecule has 0 fully saturated rings. The van der Waals surface area contributed by atoms with Gasteiger partial charge in [-0.15, -0.1) is 11.3 Å². The van der Waals surface area contributed by atoms with Gasteiger partial charge in [0.25, 0.3) is 0 Å². The minimum atomic E-state index is -1.01. The summed E-state index contributed by atoms with van der Waals surface area (Å²) in [5.74, 6) is 0. The van der Waals surface area contributed by atoms with Crippen molar-refractivity contribution in [3.8, 4) is 26.7 Å². The van der Waals surface area contributed by atoms with Crippen LogP contribution in [0.1, 0.15) is 0 Å². The van der Waals surface area contributed by atoms with Crippen LogP contribution in [0, 0.1) is 0 Å². The molecule has 0 amide bonds. The van der Waals surface area contributed by atoms with Crippen LogP contribution in [-0.4, -0.2) is 20.2 Å². The van der Waals surface area contributed by atoms with Crippen LogP contribution in [0.15, 0.2) is 71.8 Å². The molecule has 27 heavy (non-hydrogen) atoms. The standard InChI is InChI=1S/C20H14Cl2N2OS2/c1-27(25)15-4-2-3-13(11-15)19-7-8-20(26-19)17-9-10-23-24(17)18-12-14(21)5-6-16(18)22/h2-12H,1H3. The molecule has 4 aromatic rings. The van der Waals surface area contributed by atoms with Crippen LogP contribution >= 0.6 is 34.5 Å². The van der Waals surface area contributed by atoms with Gasteiger partial charge in [-0.1, -0.05) is 35.3 Å². The Balaban J connectivity index is 1.75. The lowest BCUT2D eigenvalue weighted by Crippen LogP contribution is -1.99. The van der Waals surface area contributed by atoms with E-state index in [-0.39, 0.29) is 0 Å². The molecule has 2 aromatic carbocycles. The summed E-state index contributed by atoms with van der Waals surface area (Å²) in [5, 5.41) is 5.61. The Kier molecular flexibility index (Phi) is 5.19. The average molecular weight is 433 g/mol. The molecule has 0 aliphatic carbocycles. The van der Waals surface area contributed by atoms with Gasteiger partial charge in [-0.25, -0.2) is 4.68 Å². The molecule has 1 unspecified atom stereocenters. The summed E-state index contributed by atoms with van der Waals surface area (Å²) in [5.41, 5.74) is 2.72. The number of halogens is 2. The molecular formula is C20H14Cl2N2OS2. The molecule has 0 aliphatic heterocycles. The monoisotopic (exact) mass is 432 g/mol. The van der Waals surface area contributed by atoms with Gasteiger partial charge in [0, 0.05) is 31.9 Å². The van der Waals surface area contributed by atoms with Crippen LogP contribution in [0.2, 0.25) is 10.0 Å². The predicted octanol–water partition coefficient (Wildman–Crippen LogP) is 6.31. The first-order valence-electron chi connectivity index (χ1n) is 8.06. The highest BCUT2D eigenvalue weighted by atomic mass is 35.5. The smallest absolute Gasteiger partial charge is 0.0854 e. The van der Waals surface area contributed by atoms with Crippen molar-refractivity contribution in [2.45, 2.75) is 4.90 Å². The fourth-order valence-electron chi connectivity index (χ4n) is 2.79. The van der Waals surface area contributed by atoms with Gasteiger partial charge in [0.15, 0.2) is 0 Å². The molecule has 1 atom stereocenters. The Morgan fingerprint density at radius 2 is 1.81 bits per heavy atom. The second-order valence-corrected chi connectivity index (χ2v) is 9.18. The van der Waals surface area contributed by atoms with Crippen LogP contribution in [0.4, 0.5) is 0 Å². The van der Waals surface area contributed by atoms with E-state index in [1.54, 1.807) is 46.7 Å². The first-order valence-corrected chi connectivity index (χ1v) is 11.2. The van der Waals surface area contributed by atoms with E-state index < -0.39 is 10.8 Å². The molecule has 0 saturated heterocycles. The van der Waals surface area contributed by atoms with Crippen molar-refractivity contribution < 1.29 is 4.21 Å². The van der Waals surface area contributed by atoms with E-state index in [2.05, 4.69) is 17.2 Å². The second-order valence-electron chi connectivity index (χ2n) is 5.87. The van der Waals surface area contributed by atoms with Gasteiger partial charge in [-0.3, -0.25) is 4.21 Å². The Morgan fingerprint density at radius 1 is 1.00 bits per heavy atom. The van der Waals surface area contributed by atoms with Crippen LogP contribution in [-0.2, 0) is 10.8 Å². The summed E-state index contributed by atoms with van der Waals surface area (Å²) in [7, 11) is -1.01. The maximum atomic E-state index is 11.8. The third kappa shape index (κ3) is 3.73. The summed E-state index contributed by atoms with van der Waals surface area (Å²) in [6.45, 7) is 0. The third-order valence-corrected chi connectivity index (χ3v) is 6.72. The number of nitrogens with zero attached hydrogens (tertiary/aromatic N) is 2. The molecule has 2 aromatic heterocycles. The zero-order chi connectivity index (χ0) is 19.0. The normalized spacial score (nSPS) is 12.3. The summed E-state index contributed by atoms with van der Waals surface area (Å²) < 4.78 is 13.6. The van der Waals surface area contributed by atoms with E-state index in [4.69, 9.17) is 23.2 Å². The van der Waals surface area contributed by atoms with E-state index >= 15 is 0 Å².